The van der Waals surface area contributed by atoms with Gasteiger partial charge in [-0.15, -0.1) is 4.59 Å². The standard InChI is InChI=1S/C12H14BrN3O2/c1-12(2,3)16(11(17)18)9-5-4-7(13)6-8(9)10(14)15-16/h4-6H,1-3H3,(H2-,14,15,17,18). The lowest BCUT2D eigenvalue weighted by Gasteiger charge is -2.39. The average molecular weight is 312 g/mol. The zero-order valence-corrected chi connectivity index (χ0v) is 12.0. The van der Waals surface area contributed by atoms with Gasteiger partial charge in [0.25, 0.3) is 6.09 Å². The number of rotatable bonds is 0. The van der Waals surface area contributed by atoms with E-state index in [9.17, 15) is 9.90 Å². The first-order valence-electron chi connectivity index (χ1n) is 5.47. The monoisotopic (exact) mass is 311 g/mol. The van der Waals surface area contributed by atoms with Crippen LogP contribution in [0.2, 0.25) is 0 Å². The Balaban J connectivity index is 2.80. The molecule has 1 amide bonds. The average Bonchev–Trinajstić information content (AvgIpc) is 2.52. The van der Waals surface area contributed by atoms with Gasteiger partial charge in [-0.25, -0.2) is 0 Å². The van der Waals surface area contributed by atoms with Crippen LogP contribution in [0.1, 0.15) is 26.3 Å². The third-order valence-corrected chi connectivity index (χ3v) is 3.57. The number of fused-ring (bicyclic) bond motifs is 1. The van der Waals surface area contributed by atoms with Gasteiger partial charge in [-0.2, -0.15) is 0 Å². The molecule has 0 radical (unpaired) electrons. The number of nitrogens with two attached hydrogens (primary N) is 1. The van der Waals surface area contributed by atoms with Crippen molar-refractivity contribution in [1.29, 1.82) is 0 Å². The number of hydrogen-bond donors (Lipinski definition) is 1. The Morgan fingerprint density at radius 3 is 2.56 bits per heavy atom. The Labute approximate surface area is 114 Å². The fourth-order valence-electron chi connectivity index (χ4n) is 2.19. The summed E-state index contributed by atoms with van der Waals surface area (Å²) >= 11 is 3.34. The van der Waals surface area contributed by atoms with E-state index in [4.69, 9.17) is 5.73 Å². The Morgan fingerprint density at radius 2 is 2.06 bits per heavy atom. The van der Waals surface area contributed by atoms with Crippen LogP contribution in [-0.4, -0.2) is 17.5 Å². The highest BCUT2D eigenvalue weighted by atomic mass is 79.9. The van der Waals surface area contributed by atoms with E-state index in [2.05, 4.69) is 21.0 Å². The van der Waals surface area contributed by atoms with Gasteiger partial charge in [0, 0.05) is 10.5 Å². The molecule has 1 atom stereocenters. The molecule has 0 bridgehead atoms. The van der Waals surface area contributed by atoms with Gasteiger partial charge in [0.15, 0.2) is 11.5 Å². The molecule has 2 rings (SSSR count). The Bertz CT molecular complexity index is 563. The van der Waals surface area contributed by atoms with Crippen molar-refractivity contribution in [2.45, 2.75) is 26.3 Å². The zero-order chi connectivity index (χ0) is 13.7. The van der Waals surface area contributed by atoms with E-state index < -0.39 is 16.2 Å². The molecule has 0 saturated heterocycles. The summed E-state index contributed by atoms with van der Waals surface area (Å²) in [6.45, 7) is 5.37. The summed E-state index contributed by atoms with van der Waals surface area (Å²) in [5.41, 5.74) is 6.31. The Morgan fingerprint density at radius 1 is 1.44 bits per heavy atom. The molecular formula is C12H14BrN3O2. The van der Waals surface area contributed by atoms with Crippen LogP contribution in [-0.2, 0) is 0 Å². The summed E-state index contributed by atoms with van der Waals surface area (Å²) in [5, 5.41) is 15.8. The molecule has 0 aromatic heterocycles. The first-order chi connectivity index (χ1) is 8.20. The smallest absolute Gasteiger partial charge is 0.291 e. The lowest BCUT2D eigenvalue weighted by Crippen LogP contribution is -2.65. The van der Waals surface area contributed by atoms with Crippen molar-refractivity contribution < 1.29 is 9.90 Å². The first-order valence-corrected chi connectivity index (χ1v) is 6.26. The quantitative estimate of drug-likeness (QED) is 0.738. The number of carbonyl (C=O) groups excluding carboxylic acids is 1. The van der Waals surface area contributed by atoms with Gasteiger partial charge in [-0.1, -0.05) is 21.0 Å². The zero-order valence-electron chi connectivity index (χ0n) is 10.4. The highest BCUT2D eigenvalue weighted by Gasteiger charge is 2.52. The van der Waals surface area contributed by atoms with E-state index in [1.165, 1.54) is 0 Å². The normalized spacial score (nSPS) is 22.6. The first kappa shape index (κ1) is 13.0. The number of benzene rings is 1. The van der Waals surface area contributed by atoms with Crippen LogP contribution >= 0.6 is 15.9 Å². The van der Waals surface area contributed by atoms with Crippen LogP contribution in [0.3, 0.4) is 0 Å². The minimum Gasteiger partial charge on any atom is -0.496 e. The number of amides is 1. The second-order valence-electron chi connectivity index (χ2n) is 5.22. The highest BCUT2D eigenvalue weighted by Crippen LogP contribution is 2.41. The molecule has 0 saturated carbocycles. The van der Waals surface area contributed by atoms with Crippen molar-refractivity contribution in [2.75, 3.05) is 0 Å². The summed E-state index contributed by atoms with van der Waals surface area (Å²) in [5.74, 6) is 0.213. The third-order valence-electron chi connectivity index (χ3n) is 3.08. The summed E-state index contributed by atoms with van der Waals surface area (Å²) in [6, 6.07) is 5.25. The number of quaternary nitrogens is 1. The molecule has 0 aliphatic carbocycles. The van der Waals surface area contributed by atoms with Crippen molar-refractivity contribution in [3.8, 4) is 0 Å². The number of nitrogens with zero attached hydrogens (tertiary/aromatic N) is 2. The van der Waals surface area contributed by atoms with Crippen LogP contribution < -0.4 is 15.4 Å². The number of halogens is 1. The van der Waals surface area contributed by atoms with Gasteiger partial charge in [0.05, 0.1) is 5.56 Å². The molecule has 5 nitrogen and oxygen atoms in total. The molecular weight excluding hydrogens is 298 g/mol. The van der Waals surface area contributed by atoms with Crippen LogP contribution in [0.5, 0.6) is 0 Å². The molecule has 2 N–H and O–H groups in total. The lowest BCUT2D eigenvalue weighted by molar-refractivity contribution is -0.268. The maximum atomic E-state index is 11.7. The van der Waals surface area contributed by atoms with Crippen molar-refractivity contribution in [2.24, 2.45) is 10.8 Å². The summed E-state index contributed by atoms with van der Waals surface area (Å²) < 4.78 is 0.188. The molecule has 1 aromatic carbocycles. The highest BCUT2D eigenvalue weighted by molar-refractivity contribution is 9.10. The molecule has 6 heteroatoms. The van der Waals surface area contributed by atoms with E-state index in [0.29, 0.717) is 11.3 Å². The van der Waals surface area contributed by atoms with Crippen LogP contribution in [0.15, 0.2) is 27.8 Å². The van der Waals surface area contributed by atoms with Gasteiger partial charge in [-0.3, -0.25) is 0 Å². The largest absolute Gasteiger partial charge is 0.496 e. The van der Waals surface area contributed by atoms with Gasteiger partial charge in [-0.05, 0) is 32.9 Å². The summed E-state index contributed by atoms with van der Waals surface area (Å²) in [4.78, 5) is 11.7. The van der Waals surface area contributed by atoms with E-state index in [-0.39, 0.29) is 5.84 Å². The number of hydrogen-bond acceptors (Lipinski definition) is 4. The van der Waals surface area contributed by atoms with Crippen LogP contribution in [0, 0.1) is 0 Å². The van der Waals surface area contributed by atoms with Crippen LogP contribution in [0.25, 0.3) is 0 Å². The minimum atomic E-state index is -1.29. The van der Waals surface area contributed by atoms with Crippen molar-refractivity contribution in [3.05, 3.63) is 28.2 Å². The molecule has 1 unspecified atom stereocenters. The van der Waals surface area contributed by atoms with Gasteiger partial charge in [0.1, 0.15) is 5.54 Å². The molecule has 18 heavy (non-hydrogen) atoms. The number of carboxylic acid groups (broad SMARTS) is 1. The molecule has 1 aliphatic heterocycles. The van der Waals surface area contributed by atoms with Gasteiger partial charge >= 0.3 is 0 Å². The van der Waals surface area contributed by atoms with Crippen molar-refractivity contribution in [1.82, 2.24) is 4.59 Å². The van der Waals surface area contributed by atoms with E-state index >= 15 is 0 Å². The van der Waals surface area contributed by atoms with Gasteiger partial charge in [0.2, 0.25) is 0 Å². The fraction of sp³-hybridized carbons (Fsp3) is 0.333. The number of amidine groups is 1. The number of carbonyl (C=O) groups is 1. The topological polar surface area (TPSA) is 78.5 Å². The molecule has 0 fully saturated rings. The summed E-state index contributed by atoms with van der Waals surface area (Å²) in [7, 11) is 0. The fourth-order valence-corrected chi connectivity index (χ4v) is 2.55. The van der Waals surface area contributed by atoms with Crippen molar-refractivity contribution in [3.63, 3.8) is 0 Å². The second kappa shape index (κ2) is 3.80. The molecule has 0 spiro atoms. The third kappa shape index (κ3) is 1.56. The van der Waals surface area contributed by atoms with E-state index in [1.54, 1.807) is 39.0 Å². The maximum absolute atomic E-state index is 11.7. The molecule has 1 aliphatic rings. The Kier molecular flexibility index (Phi) is 2.75. The SMILES string of the molecule is CC(C)(C)[N+]1(C(=O)[O-])N=C(N)c2cc(Br)ccc21. The molecule has 1 heterocycles. The van der Waals surface area contributed by atoms with Gasteiger partial charge < -0.3 is 15.6 Å². The Hall–Kier alpha value is -1.40. The maximum Gasteiger partial charge on any atom is 0.291 e. The molecule has 1 aromatic rings. The molecule has 96 valence electrons. The van der Waals surface area contributed by atoms with E-state index in [0.717, 1.165) is 4.47 Å². The second-order valence-corrected chi connectivity index (χ2v) is 6.13. The van der Waals surface area contributed by atoms with E-state index in [1.807, 2.05) is 0 Å². The summed E-state index contributed by atoms with van der Waals surface area (Å²) in [6.07, 6.45) is -1.29. The van der Waals surface area contributed by atoms with Crippen molar-refractivity contribution >= 4 is 33.5 Å². The lowest BCUT2D eigenvalue weighted by atomic mass is 10.0. The minimum absolute atomic E-state index is 0.213. The predicted molar refractivity (Wildman–Crippen MR) is 71.8 cm³/mol. The predicted octanol–water partition coefficient (Wildman–Crippen LogP) is 1.53. The van der Waals surface area contributed by atoms with Crippen LogP contribution in [0.4, 0.5) is 10.5 Å².